The SMILES string of the molecule is Cl.N[C@@H](c1cc(Cl)ccc1F)[C@H](O)Cc1ccccc1. The molecule has 2 atom stereocenters. The zero-order valence-electron chi connectivity index (χ0n) is 10.7. The molecule has 0 bridgehead atoms. The third-order valence-electron chi connectivity index (χ3n) is 3.02. The zero-order chi connectivity index (χ0) is 13.8. The summed E-state index contributed by atoms with van der Waals surface area (Å²) >= 11 is 5.82. The summed E-state index contributed by atoms with van der Waals surface area (Å²) in [4.78, 5) is 0. The normalized spacial score (nSPS) is 13.4. The number of aliphatic hydroxyl groups excluding tert-OH is 1. The first kappa shape index (κ1) is 16.9. The Kier molecular flexibility index (Phi) is 6.43. The molecular weight excluding hydrogens is 300 g/mol. The minimum atomic E-state index is -0.865. The van der Waals surface area contributed by atoms with Gasteiger partial charge < -0.3 is 10.8 Å². The van der Waals surface area contributed by atoms with E-state index in [-0.39, 0.29) is 18.0 Å². The molecule has 2 nitrogen and oxygen atoms in total. The smallest absolute Gasteiger partial charge is 0.128 e. The van der Waals surface area contributed by atoms with Gasteiger partial charge in [-0.3, -0.25) is 0 Å². The quantitative estimate of drug-likeness (QED) is 0.907. The molecular formula is C15H16Cl2FNO. The lowest BCUT2D eigenvalue weighted by Gasteiger charge is -2.20. The Balaban J connectivity index is 0.00000200. The maximum atomic E-state index is 13.7. The summed E-state index contributed by atoms with van der Waals surface area (Å²) in [7, 11) is 0. The minimum absolute atomic E-state index is 0. The van der Waals surface area contributed by atoms with Gasteiger partial charge in [0.15, 0.2) is 0 Å². The van der Waals surface area contributed by atoms with E-state index in [2.05, 4.69) is 0 Å². The lowest BCUT2D eigenvalue weighted by molar-refractivity contribution is 0.143. The van der Waals surface area contributed by atoms with E-state index in [0.29, 0.717) is 11.4 Å². The van der Waals surface area contributed by atoms with Crippen LogP contribution in [0.25, 0.3) is 0 Å². The van der Waals surface area contributed by atoms with Gasteiger partial charge in [-0.25, -0.2) is 4.39 Å². The topological polar surface area (TPSA) is 46.2 Å². The second kappa shape index (κ2) is 7.60. The highest BCUT2D eigenvalue weighted by atomic mass is 35.5. The highest BCUT2D eigenvalue weighted by molar-refractivity contribution is 6.30. The largest absolute Gasteiger partial charge is 0.391 e. The molecule has 0 aliphatic carbocycles. The summed E-state index contributed by atoms with van der Waals surface area (Å²) in [5, 5.41) is 10.5. The van der Waals surface area contributed by atoms with Crippen LogP contribution in [0.5, 0.6) is 0 Å². The fraction of sp³-hybridized carbons (Fsp3) is 0.200. The first-order valence-electron chi connectivity index (χ1n) is 6.00. The van der Waals surface area contributed by atoms with E-state index >= 15 is 0 Å². The van der Waals surface area contributed by atoms with Crippen molar-refractivity contribution in [1.29, 1.82) is 0 Å². The molecule has 0 fully saturated rings. The lowest BCUT2D eigenvalue weighted by atomic mass is 9.96. The van der Waals surface area contributed by atoms with Crippen LogP contribution < -0.4 is 5.73 Å². The molecule has 0 aromatic heterocycles. The second-order valence-corrected chi connectivity index (χ2v) is 4.89. The summed E-state index contributed by atoms with van der Waals surface area (Å²) in [5.41, 5.74) is 7.09. The lowest BCUT2D eigenvalue weighted by Crippen LogP contribution is -2.28. The van der Waals surface area contributed by atoms with E-state index in [1.54, 1.807) is 0 Å². The van der Waals surface area contributed by atoms with Gasteiger partial charge in [0.1, 0.15) is 5.82 Å². The first-order chi connectivity index (χ1) is 9.08. The Bertz CT molecular complexity index is 551. The van der Waals surface area contributed by atoms with Crippen molar-refractivity contribution in [3.63, 3.8) is 0 Å². The van der Waals surface area contributed by atoms with E-state index in [1.165, 1.54) is 18.2 Å². The number of benzene rings is 2. The van der Waals surface area contributed by atoms with Crippen LogP contribution in [0.2, 0.25) is 5.02 Å². The highest BCUT2D eigenvalue weighted by Gasteiger charge is 2.20. The summed E-state index contributed by atoms with van der Waals surface area (Å²) in [6.45, 7) is 0. The van der Waals surface area contributed by atoms with Gasteiger partial charge in [0.25, 0.3) is 0 Å². The van der Waals surface area contributed by atoms with Crippen LogP contribution in [-0.2, 0) is 6.42 Å². The maximum absolute atomic E-state index is 13.7. The zero-order valence-corrected chi connectivity index (χ0v) is 12.2. The molecule has 2 aromatic carbocycles. The number of aliphatic hydroxyl groups is 1. The van der Waals surface area contributed by atoms with Crippen LogP contribution in [-0.4, -0.2) is 11.2 Å². The van der Waals surface area contributed by atoms with E-state index in [4.69, 9.17) is 17.3 Å². The molecule has 3 N–H and O–H groups in total. The fourth-order valence-electron chi connectivity index (χ4n) is 1.96. The second-order valence-electron chi connectivity index (χ2n) is 4.45. The fourth-order valence-corrected chi connectivity index (χ4v) is 2.14. The Morgan fingerprint density at radius 2 is 1.80 bits per heavy atom. The maximum Gasteiger partial charge on any atom is 0.128 e. The van der Waals surface area contributed by atoms with Crippen LogP contribution >= 0.6 is 24.0 Å². The van der Waals surface area contributed by atoms with Crippen LogP contribution in [0.3, 0.4) is 0 Å². The molecule has 5 heteroatoms. The summed E-state index contributed by atoms with van der Waals surface area (Å²) in [6, 6.07) is 12.8. The summed E-state index contributed by atoms with van der Waals surface area (Å²) < 4.78 is 13.7. The molecule has 0 radical (unpaired) electrons. The van der Waals surface area contributed by atoms with Gasteiger partial charge in [0.05, 0.1) is 12.1 Å². The monoisotopic (exact) mass is 315 g/mol. The van der Waals surface area contributed by atoms with E-state index in [0.717, 1.165) is 5.56 Å². The average molecular weight is 316 g/mol. The number of halogens is 3. The highest BCUT2D eigenvalue weighted by Crippen LogP contribution is 2.23. The van der Waals surface area contributed by atoms with Crippen molar-refractivity contribution in [2.24, 2.45) is 5.73 Å². The summed E-state index contributed by atoms with van der Waals surface area (Å²) in [6.07, 6.45) is -0.496. The molecule has 2 aromatic rings. The van der Waals surface area contributed by atoms with Crippen LogP contribution in [0.1, 0.15) is 17.2 Å². The van der Waals surface area contributed by atoms with Crippen LogP contribution in [0.4, 0.5) is 4.39 Å². The molecule has 20 heavy (non-hydrogen) atoms. The summed E-state index contributed by atoms with van der Waals surface area (Å²) in [5.74, 6) is -0.455. The van der Waals surface area contributed by atoms with Crippen LogP contribution in [0.15, 0.2) is 48.5 Å². The minimum Gasteiger partial charge on any atom is -0.391 e. The number of rotatable bonds is 4. The molecule has 0 unspecified atom stereocenters. The van der Waals surface area contributed by atoms with Gasteiger partial charge >= 0.3 is 0 Å². The van der Waals surface area contributed by atoms with Crippen molar-refractivity contribution < 1.29 is 9.50 Å². The number of nitrogens with two attached hydrogens (primary N) is 1. The van der Waals surface area contributed by atoms with Gasteiger partial charge in [0.2, 0.25) is 0 Å². The van der Waals surface area contributed by atoms with Crippen molar-refractivity contribution >= 4 is 24.0 Å². The predicted octanol–water partition coefficient (Wildman–Crippen LogP) is 3.50. The first-order valence-corrected chi connectivity index (χ1v) is 6.38. The van der Waals surface area contributed by atoms with Crippen molar-refractivity contribution in [2.75, 3.05) is 0 Å². The van der Waals surface area contributed by atoms with Crippen molar-refractivity contribution in [3.8, 4) is 0 Å². The Hall–Kier alpha value is -1.13. The molecule has 2 rings (SSSR count). The molecule has 0 amide bonds. The molecule has 0 heterocycles. The van der Waals surface area contributed by atoms with Gasteiger partial charge in [-0.15, -0.1) is 12.4 Å². The van der Waals surface area contributed by atoms with Crippen LogP contribution in [0, 0.1) is 5.82 Å². The van der Waals surface area contributed by atoms with Gasteiger partial charge in [-0.2, -0.15) is 0 Å². The molecule has 0 aliphatic heterocycles. The molecule has 0 saturated heterocycles. The Morgan fingerprint density at radius 1 is 1.15 bits per heavy atom. The third-order valence-corrected chi connectivity index (χ3v) is 3.25. The Morgan fingerprint density at radius 3 is 2.45 bits per heavy atom. The van der Waals surface area contributed by atoms with Crippen molar-refractivity contribution in [2.45, 2.75) is 18.6 Å². The Labute approximate surface area is 128 Å². The number of hydrogen-bond acceptors (Lipinski definition) is 2. The van der Waals surface area contributed by atoms with Crippen molar-refractivity contribution in [3.05, 3.63) is 70.5 Å². The predicted molar refractivity (Wildman–Crippen MR) is 81.7 cm³/mol. The average Bonchev–Trinajstić information content (AvgIpc) is 2.42. The molecule has 0 aliphatic rings. The van der Waals surface area contributed by atoms with E-state index < -0.39 is 18.0 Å². The number of hydrogen-bond donors (Lipinski definition) is 2. The van der Waals surface area contributed by atoms with E-state index in [1.807, 2.05) is 30.3 Å². The molecule has 108 valence electrons. The van der Waals surface area contributed by atoms with E-state index in [9.17, 15) is 9.50 Å². The molecule has 0 spiro atoms. The van der Waals surface area contributed by atoms with Gasteiger partial charge in [-0.1, -0.05) is 41.9 Å². The third kappa shape index (κ3) is 4.18. The van der Waals surface area contributed by atoms with Crippen molar-refractivity contribution in [1.82, 2.24) is 0 Å². The standard InChI is InChI=1S/C15H15ClFNO.ClH/c16-11-6-7-13(17)12(9-11)15(18)14(19)8-10-4-2-1-3-5-10;/h1-7,9,14-15,19H,8,18H2;1H/t14-,15+;/m1./s1. The van der Waals surface area contributed by atoms with Gasteiger partial charge in [-0.05, 0) is 23.8 Å². The van der Waals surface area contributed by atoms with Gasteiger partial charge in [0, 0.05) is 17.0 Å². The molecule has 0 saturated carbocycles.